The molecule has 5 rings (SSSR count). The van der Waals surface area contributed by atoms with Crippen LogP contribution in [0.4, 0.5) is 4.39 Å². The summed E-state index contributed by atoms with van der Waals surface area (Å²) in [6.07, 6.45) is 0. The average molecular weight is 481 g/mol. The third-order valence-corrected chi connectivity index (χ3v) is 7.09. The maximum atomic E-state index is 13.5. The topological polar surface area (TPSA) is 44.9 Å². The molecule has 0 atom stereocenters. The maximum Gasteiger partial charge on any atom is 0.232 e. The number of carbonyl (C=O) groups excluding carboxylic acids is 1. The molecule has 174 valence electrons. The van der Waals surface area contributed by atoms with Crippen LogP contribution in [0.3, 0.4) is 0 Å². The van der Waals surface area contributed by atoms with Crippen molar-refractivity contribution in [1.82, 2.24) is 10.3 Å². The first-order valence-electron chi connectivity index (χ1n) is 11.6. The molecule has 0 saturated carbocycles. The molecule has 0 aliphatic heterocycles. The smallest absolute Gasteiger partial charge is 0.232 e. The van der Waals surface area contributed by atoms with Gasteiger partial charge in [0.2, 0.25) is 5.91 Å². The van der Waals surface area contributed by atoms with E-state index in [2.05, 4.69) is 16.4 Å². The number of aromatic nitrogens is 1. The largest absolute Gasteiger partial charge is 0.354 e. The number of fused-ring (bicyclic) bond motifs is 1. The highest BCUT2D eigenvalue weighted by Gasteiger charge is 2.22. The van der Waals surface area contributed by atoms with Gasteiger partial charge >= 0.3 is 0 Å². The van der Waals surface area contributed by atoms with Gasteiger partial charge in [-0.2, -0.15) is 0 Å². The SMILES string of the molecule is O=C(NCCSc1c(-c2ccc(F)cc2)[nH]c2ccccc12)C(c1ccccc1)c1ccccc1. The molecular weight excluding hydrogens is 455 g/mol. The minimum atomic E-state index is -0.356. The van der Waals surface area contributed by atoms with Crippen molar-refractivity contribution in [2.24, 2.45) is 0 Å². The summed E-state index contributed by atoms with van der Waals surface area (Å²) in [4.78, 5) is 17.9. The second-order valence-electron chi connectivity index (χ2n) is 8.28. The van der Waals surface area contributed by atoms with E-state index in [9.17, 15) is 9.18 Å². The molecule has 2 N–H and O–H groups in total. The van der Waals surface area contributed by atoms with Crippen molar-refractivity contribution in [1.29, 1.82) is 0 Å². The van der Waals surface area contributed by atoms with Gasteiger partial charge in [-0.05, 0) is 47.0 Å². The van der Waals surface area contributed by atoms with Crippen molar-refractivity contribution < 1.29 is 9.18 Å². The van der Waals surface area contributed by atoms with Gasteiger partial charge in [-0.25, -0.2) is 4.39 Å². The molecule has 0 spiro atoms. The van der Waals surface area contributed by atoms with E-state index >= 15 is 0 Å². The molecule has 0 radical (unpaired) electrons. The number of para-hydroxylation sites is 1. The minimum Gasteiger partial charge on any atom is -0.354 e. The lowest BCUT2D eigenvalue weighted by Crippen LogP contribution is -2.31. The standard InChI is InChI=1S/C30H25FN2OS/c31-24-17-15-23(16-18-24)28-29(25-13-7-8-14-26(25)33-28)35-20-19-32-30(34)27(21-9-3-1-4-10-21)22-11-5-2-6-12-22/h1-18,27,33H,19-20H2,(H,32,34). The quantitative estimate of drug-likeness (QED) is 0.185. The van der Waals surface area contributed by atoms with Crippen molar-refractivity contribution >= 4 is 28.6 Å². The van der Waals surface area contributed by atoms with E-state index in [0.717, 1.165) is 38.2 Å². The van der Waals surface area contributed by atoms with Crippen LogP contribution in [0.1, 0.15) is 17.0 Å². The lowest BCUT2D eigenvalue weighted by Gasteiger charge is -2.18. The summed E-state index contributed by atoms with van der Waals surface area (Å²) in [5.41, 5.74) is 4.88. The molecule has 1 amide bonds. The molecule has 0 saturated heterocycles. The van der Waals surface area contributed by atoms with Gasteiger partial charge in [0, 0.05) is 28.1 Å². The van der Waals surface area contributed by atoms with Gasteiger partial charge in [-0.3, -0.25) is 4.79 Å². The maximum absolute atomic E-state index is 13.5. The molecular formula is C30H25FN2OS. The third-order valence-electron chi connectivity index (χ3n) is 5.97. The number of thioether (sulfide) groups is 1. The van der Waals surface area contributed by atoms with Crippen LogP contribution in [0, 0.1) is 5.82 Å². The van der Waals surface area contributed by atoms with Crippen molar-refractivity contribution in [2.75, 3.05) is 12.3 Å². The third kappa shape index (κ3) is 5.15. The Balaban J connectivity index is 1.32. The van der Waals surface area contributed by atoms with Gasteiger partial charge in [0.25, 0.3) is 0 Å². The molecule has 0 aliphatic rings. The van der Waals surface area contributed by atoms with Crippen molar-refractivity contribution in [3.8, 4) is 11.3 Å². The zero-order valence-corrected chi connectivity index (χ0v) is 19.9. The fraction of sp³-hybridized carbons (Fsp3) is 0.100. The van der Waals surface area contributed by atoms with Crippen LogP contribution in [0.2, 0.25) is 0 Å². The number of carbonyl (C=O) groups is 1. The predicted octanol–water partition coefficient (Wildman–Crippen LogP) is 7.01. The molecule has 4 aromatic carbocycles. The summed E-state index contributed by atoms with van der Waals surface area (Å²) in [7, 11) is 0. The van der Waals surface area contributed by atoms with Crippen molar-refractivity contribution in [2.45, 2.75) is 10.8 Å². The zero-order valence-electron chi connectivity index (χ0n) is 19.1. The summed E-state index contributed by atoms with van der Waals surface area (Å²) >= 11 is 1.69. The lowest BCUT2D eigenvalue weighted by molar-refractivity contribution is -0.121. The fourth-order valence-electron chi connectivity index (χ4n) is 4.30. The van der Waals surface area contributed by atoms with Gasteiger partial charge in [0.1, 0.15) is 5.82 Å². The molecule has 0 aliphatic carbocycles. The summed E-state index contributed by atoms with van der Waals surface area (Å²) in [5.74, 6) is 0.0806. The summed E-state index contributed by atoms with van der Waals surface area (Å²) in [6, 6.07) is 34.4. The van der Waals surface area contributed by atoms with E-state index in [0.29, 0.717) is 12.3 Å². The van der Waals surface area contributed by atoms with Crippen LogP contribution in [0.5, 0.6) is 0 Å². The predicted molar refractivity (Wildman–Crippen MR) is 142 cm³/mol. The van der Waals surface area contributed by atoms with E-state index in [1.54, 1.807) is 23.9 Å². The first-order valence-corrected chi connectivity index (χ1v) is 12.6. The number of amides is 1. The van der Waals surface area contributed by atoms with E-state index < -0.39 is 0 Å². The van der Waals surface area contributed by atoms with Gasteiger partial charge in [0.05, 0.1) is 11.6 Å². The van der Waals surface area contributed by atoms with E-state index in [-0.39, 0.29) is 17.6 Å². The Kier molecular flexibility index (Phi) is 6.96. The highest BCUT2D eigenvalue weighted by molar-refractivity contribution is 7.99. The Morgan fingerprint density at radius 3 is 2.06 bits per heavy atom. The first kappa shape index (κ1) is 22.9. The number of halogens is 1. The number of aromatic amines is 1. The molecule has 0 unspecified atom stereocenters. The number of benzene rings is 4. The van der Waals surface area contributed by atoms with Crippen LogP contribution in [0.25, 0.3) is 22.2 Å². The number of H-pyrrole nitrogens is 1. The molecule has 5 aromatic rings. The zero-order chi connectivity index (χ0) is 24.0. The van der Waals surface area contributed by atoms with Crippen LogP contribution < -0.4 is 5.32 Å². The van der Waals surface area contributed by atoms with Crippen molar-refractivity contribution in [3.05, 3.63) is 126 Å². The highest BCUT2D eigenvalue weighted by atomic mass is 32.2. The summed E-state index contributed by atoms with van der Waals surface area (Å²) < 4.78 is 13.5. The van der Waals surface area contributed by atoms with E-state index in [1.807, 2.05) is 78.9 Å². The molecule has 5 heteroatoms. The lowest BCUT2D eigenvalue weighted by atomic mass is 9.90. The Morgan fingerprint density at radius 1 is 0.800 bits per heavy atom. The highest BCUT2D eigenvalue weighted by Crippen LogP contribution is 2.37. The van der Waals surface area contributed by atoms with Gasteiger partial charge in [-0.15, -0.1) is 11.8 Å². The van der Waals surface area contributed by atoms with Gasteiger partial charge in [0.15, 0.2) is 0 Å². The molecule has 0 fully saturated rings. The Labute approximate surface area is 208 Å². The second-order valence-corrected chi connectivity index (χ2v) is 9.38. The van der Waals surface area contributed by atoms with Gasteiger partial charge in [-0.1, -0.05) is 78.9 Å². The van der Waals surface area contributed by atoms with Crippen molar-refractivity contribution in [3.63, 3.8) is 0 Å². The fourth-order valence-corrected chi connectivity index (χ4v) is 5.36. The number of hydrogen-bond donors (Lipinski definition) is 2. The monoisotopic (exact) mass is 480 g/mol. The molecule has 1 aromatic heterocycles. The number of rotatable bonds is 8. The Bertz CT molecular complexity index is 1380. The Morgan fingerprint density at radius 2 is 1.40 bits per heavy atom. The molecule has 1 heterocycles. The van der Waals surface area contributed by atoms with E-state index in [1.165, 1.54) is 12.1 Å². The normalized spacial score (nSPS) is 11.1. The van der Waals surface area contributed by atoms with Gasteiger partial charge < -0.3 is 10.3 Å². The summed E-state index contributed by atoms with van der Waals surface area (Å²) in [5, 5.41) is 4.26. The van der Waals surface area contributed by atoms with Crippen LogP contribution in [-0.2, 0) is 4.79 Å². The average Bonchev–Trinajstić information content (AvgIpc) is 3.27. The minimum absolute atomic E-state index is 0.0133. The van der Waals surface area contributed by atoms with Crippen LogP contribution in [0.15, 0.2) is 114 Å². The van der Waals surface area contributed by atoms with E-state index in [4.69, 9.17) is 0 Å². The molecule has 0 bridgehead atoms. The summed E-state index contributed by atoms with van der Waals surface area (Å²) in [6.45, 7) is 0.530. The number of nitrogens with one attached hydrogen (secondary N) is 2. The first-order chi connectivity index (χ1) is 17.2. The second kappa shape index (κ2) is 10.6. The molecule has 3 nitrogen and oxygen atoms in total. The van der Waals surface area contributed by atoms with Crippen LogP contribution in [-0.4, -0.2) is 23.2 Å². The number of hydrogen-bond acceptors (Lipinski definition) is 2. The van der Waals surface area contributed by atoms with Crippen LogP contribution >= 0.6 is 11.8 Å². The Hall–Kier alpha value is -3.83. The molecule has 35 heavy (non-hydrogen) atoms.